The Hall–Kier alpha value is -0.160. The van der Waals surface area contributed by atoms with Crippen molar-refractivity contribution in [3.63, 3.8) is 0 Å². The van der Waals surface area contributed by atoms with Gasteiger partial charge in [-0.15, -0.1) is 0 Å². The van der Waals surface area contributed by atoms with E-state index in [4.69, 9.17) is 4.55 Å². The third kappa shape index (κ3) is 2.69. The second-order valence-electron chi connectivity index (χ2n) is 4.35. The van der Waals surface area contributed by atoms with Crippen LogP contribution in [0.3, 0.4) is 0 Å². The summed E-state index contributed by atoms with van der Waals surface area (Å²) in [5, 5.41) is -2.41. The molecule has 0 amide bonds. The van der Waals surface area contributed by atoms with Crippen LogP contribution in [0, 0.1) is 5.92 Å². The first-order valence-electron chi connectivity index (χ1n) is 5.57. The molecule has 0 radical (unpaired) electrons. The second kappa shape index (κ2) is 4.78. The molecule has 1 unspecified atom stereocenters. The van der Waals surface area contributed by atoms with Gasteiger partial charge in [-0.1, -0.05) is 32.6 Å². The lowest BCUT2D eigenvalue weighted by molar-refractivity contribution is 0.114. The van der Waals surface area contributed by atoms with Gasteiger partial charge in [-0.05, 0) is 19.3 Å². The van der Waals surface area contributed by atoms with Gasteiger partial charge in [0, 0.05) is 5.92 Å². The highest BCUT2D eigenvalue weighted by molar-refractivity contribution is 7.87. The third-order valence-corrected chi connectivity index (χ3v) is 4.63. The van der Waals surface area contributed by atoms with Crippen molar-refractivity contribution in [1.82, 2.24) is 0 Å². The smallest absolute Gasteiger partial charge is 0.283 e. The molecule has 1 N–H and O–H groups in total. The number of halogens is 1. The molecule has 0 aliphatic heterocycles. The molecule has 3 nitrogen and oxygen atoms in total. The molecule has 90 valence electrons. The number of rotatable bonds is 4. The maximum absolute atomic E-state index is 14.3. The molecule has 0 aromatic rings. The molecule has 1 atom stereocenters. The molecule has 0 aromatic heterocycles. The summed E-state index contributed by atoms with van der Waals surface area (Å²) < 4.78 is 45.6. The second-order valence-corrected chi connectivity index (χ2v) is 5.98. The molecular weight excluding hydrogens is 219 g/mol. The van der Waals surface area contributed by atoms with Gasteiger partial charge in [-0.2, -0.15) is 8.42 Å². The Kier molecular flexibility index (Phi) is 4.12. The first kappa shape index (κ1) is 12.9. The third-order valence-electron chi connectivity index (χ3n) is 3.23. The molecule has 1 aliphatic rings. The minimum atomic E-state index is -4.59. The van der Waals surface area contributed by atoms with Gasteiger partial charge in [0.2, 0.25) is 5.00 Å². The van der Waals surface area contributed by atoms with E-state index in [-0.39, 0.29) is 6.42 Å². The molecule has 5 heteroatoms. The van der Waals surface area contributed by atoms with Crippen molar-refractivity contribution in [2.24, 2.45) is 5.92 Å². The zero-order valence-electron chi connectivity index (χ0n) is 9.08. The van der Waals surface area contributed by atoms with Gasteiger partial charge in [-0.25, -0.2) is 4.39 Å². The van der Waals surface area contributed by atoms with Crippen LogP contribution < -0.4 is 0 Å². The molecule has 0 spiro atoms. The zero-order chi connectivity index (χ0) is 11.5. The number of hydrogen-bond acceptors (Lipinski definition) is 2. The Morgan fingerprint density at radius 2 is 1.87 bits per heavy atom. The van der Waals surface area contributed by atoms with E-state index in [2.05, 4.69) is 0 Å². The monoisotopic (exact) mass is 238 g/mol. The van der Waals surface area contributed by atoms with Gasteiger partial charge in [0.1, 0.15) is 0 Å². The van der Waals surface area contributed by atoms with E-state index in [1.165, 1.54) is 0 Å². The highest BCUT2D eigenvalue weighted by Gasteiger charge is 2.49. The highest BCUT2D eigenvalue weighted by atomic mass is 32.2. The van der Waals surface area contributed by atoms with Crippen LogP contribution >= 0.6 is 0 Å². The summed E-state index contributed by atoms with van der Waals surface area (Å²) >= 11 is 0. The van der Waals surface area contributed by atoms with Gasteiger partial charge in [0.25, 0.3) is 0 Å². The van der Waals surface area contributed by atoms with Crippen molar-refractivity contribution in [1.29, 1.82) is 0 Å². The molecule has 1 aliphatic carbocycles. The predicted molar refractivity (Wildman–Crippen MR) is 56.9 cm³/mol. The quantitative estimate of drug-likeness (QED) is 0.766. The van der Waals surface area contributed by atoms with Crippen LogP contribution in [-0.4, -0.2) is 18.0 Å². The fraction of sp³-hybridized carbons (Fsp3) is 1.00. The normalized spacial score (nSPS) is 23.7. The summed E-state index contributed by atoms with van der Waals surface area (Å²) in [7, 11) is -4.59. The van der Waals surface area contributed by atoms with Crippen LogP contribution in [0.15, 0.2) is 0 Å². The molecule has 0 heterocycles. The van der Waals surface area contributed by atoms with Crippen molar-refractivity contribution in [2.45, 2.75) is 56.9 Å². The highest BCUT2D eigenvalue weighted by Crippen LogP contribution is 2.41. The maximum Gasteiger partial charge on any atom is 0.300 e. The van der Waals surface area contributed by atoms with Gasteiger partial charge in [0.05, 0.1) is 0 Å². The summed E-state index contributed by atoms with van der Waals surface area (Å²) in [5.41, 5.74) is 0. The standard InChI is InChI=1S/C10H19FO3S/c1-2-8-10(11,15(12,13)14)9-6-4-3-5-7-9/h9H,2-8H2,1H3,(H,12,13,14). The molecule has 1 fully saturated rings. The van der Waals surface area contributed by atoms with Crippen molar-refractivity contribution in [3.8, 4) is 0 Å². The van der Waals surface area contributed by atoms with Crippen LogP contribution in [-0.2, 0) is 10.1 Å². The molecular formula is C10H19FO3S. The molecule has 0 bridgehead atoms. The fourth-order valence-electron chi connectivity index (χ4n) is 2.42. The van der Waals surface area contributed by atoms with E-state index >= 15 is 0 Å². The Bertz CT molecular complexity index is 296. The largest absolute Gasteiger partial charge is 0.300 e. The lowest BCUT2D eigenvalue weighted by Crippen LogP contribution is -2.42. The molecule has 1 saturated carbocycles. The van der Waals surface area contributed by atoms with Crippen LogP contribution in [0.4, 0.5) is 4.39 Å². The Morgan fingerprint density at radius 3 is 2.27 bits per heavy atom. The van der Waals surface area contributed by atoms with Crippen molar-refractivity contribution in [3.05, 3.63) is 0 Å². The van der Waals surface area contributed by atoms with Crippen LogP contribution in [0.25, 0.3) is 0 Å². The van der Waals surface area contributed by atoms with Gasteiger partial charge in [-0.3, -0.25) is 4.55 Å². The number of alkyl halides is 1. The summed E-state index contributed by atoms with van der Waals surface area (Å²) in [6.45, 7) is 1.72. The maximum atomic E-state index is 14.3. The molecule has 15 heavy (non-hydrogen) atoms. The van der Waals surface area contributed by atoms with Crippen LogP contribution in [0.2, 0.25) is 0 Å². The summed E-state index contributed by atoms with van der Waals surface area (Å²) in [5.74, 6) is -0.527. The predicted octanol–water partition coefficient (Wildman–Crippen LogP) is 2.92. The molecule has 1 rings (SSSR count). The van der Waals surface area contributed by atoms with E-state index in [1.54, 1.807) is 6.92 Å². The molecule has 0 saturated heterocycles. The average Bonchev–Trinajstić information content (AvgIpc) is 2.18. The first-order chi connectivity index (χ1) is 6.92. The minimum absolute atomic E-state index is 0.101. The van der Waals surface area contributed by atoms with Crippen molar-refractivity contribution >= 4 is 10.1 Å². The van der Waals surface area contributed by atoms with Crippen LogP contribution in [0.5, 0.6) is 0 Å². The minimum Gasteiger partial charge on any atom is -0.283 e. The number of hydrogen-bond donors (Lipinski definition) is 1. The van der Waals surface area contributed by atoms with Gasteiger partial charge >= 0.3 is 10.1 Å². The summed E-state index contributed by atoms with van der Waals surface area (Å²) in [6, 6.07) is 0. The topological polar surface area (TPSA) is 54.4 Å². The van der Waals surface area contributed by atoms with Crippen molar-refractivity contribution < 1.29 is 17.4 Å². The Labute approximate surface area is 90.8 Å². The lowest BCUT2D eigenvalue weighted by Gasteiger charge is -2.33. The zero-order valence-corrected chi connectivity index (χ0v) is 9.89. The van der Waals surface area contributed by atoms with Crippen LogP contribution in [0.1, 0.15) is 51.9 Å². The molecule has 0 aromatic carbocycles. The first-order valence-corrected chi connectivity index (χ1v) is 7.01. The Balaban J connectivity index is 2.89. The van der Waals surface area contributed by atoms with E-state index < -0.39 is 21.0 Å². The van der Waals surface area contributed by atoms with Gasteiger partial charge < -0.3 is 0 Å². The fourth-order valence-corrected chi connectivity index (χ4v) is 3.54. The van der Waals surface area contributed by atoms with Crippen molar-refractivity contribution in [2.75, 3.05) is 0 Å². The SMILES string of the molecule is CCCC(F)(C1CCCCC1)S(=O)(=O)O. The van der Waals surface area contributed by atoms with E-state index in [1.807, 2.05) is 0 Å². The summed E-state index contributed by atoms with van der Waals surface area (Å²) in [4.78, 5) is 0. The van der Waals surface area contributed by atoms with Gasteiger partial charge in [0.15, 0.2) is 0 Å². The van der Waals surface area contributed by atoms with E-state index in [0.717, 1.165) is 19.3 Å². The summed E-state index contributed by atoms with van der Waals surface area (Å²) in [6.07, 6.45) is 4.20. The van der Waals surface area contributed by atoms with E-state index in [0.29, 0.717) is 19.3 Å². The van der Waals surface area contributed by atoms with E-state index in [9.17, 15) is 12.8 Å². The Morgan fingerprint density at radius 1 is 1.33 bits per heavy atom. The lowest BCUT2D eigenvalue weighted by atomic mass is 9.84. The average molecular weight is 238 g/mol.